The van der Waals surface area contributed by atoms with Crippen LogP contribution in [0.4, 0.5) is 0 Å². The van der Waals surface area contributed by atoms with Gasteiger partial charge in [-0.15, -0.1) is 0 Å². The fourth-order valence-corrected chi connectivity index (χ4v) is 2.42. The third-order valence-corrected chi connectivity index (χ3v) is 3.34. The number of fused-ring (bicyclic) bond motifs is 1. The lowest BCUT2D eigenvalue weighted by Crippen LogP contribution is -2.30. The molecule has 2 heteroatoms. The Hall–Kier alpha value is -1.67. The predicted molar refractivity (Wildman–Crippen MR) is 68.5 cm³/mol. The summed E-state index contributed by atoms with van der Waals surface area (Å²) in [5, 5.41) is 0. The van der Waals surface area contributed by atoms with Crippen LogP contribution in [0.2, 0.25) is 0 Å². The lowest BCUT2D eigenvalue weighted by Gasteiger charge is -2.28. The zero-order valence-electron chi connectivity index (χ0n) is 9.84. The van der Waals surface area contributed by atoms with E-state index in [1.807, 2.05) is 12.4 Å². The number of pyridine rings is 1. The second-order valence-electron chi connectivity index (χ2n) is 4.59. The van der Waals surface area contributed by atoms with E-state index in [0.29, 0.717) is 0 Å². The van der Waals surface area contributed by atoms with Gasteiger partial charge in [-0.3, -0.25) is 9.88 Å². The van der Waals surface area contributed by atoms with Gasteiger partial charge in [0.05, 0.1) is 0 Å². The molecule has 2 aromatic rings. The van der Waals surface area contributed by atoms with Gasteiger partial charge in [-0.25, -0.2) is 0 Å². The summed E-state index contributed by atoms with van der Waals surface area (Å²) >= 11 is 0. The molecular weight excluding hydrogens is 208 g/mol. The lowest BCUT2D eigenvalue weighted by atomic mass is 10.0. The average Bonchev–Trinajstić information content (AvgIpc) is 2.40. The Bertz CT molecular complexity index is 493. The highest BCUT2D eigenvalue weighted by Gasteiger charge is 2.15. The maximum atomic E-state index is 4.21. The lowest BCUT2D eigenvalue weighted by molar-refractivity contribution is 0.245. The highest BCUT2D eigenvalue weighted by Crippen LogP contribution is 2.19. The zero-order chi connectivity index (χ0) is 11.5. The van der Waals surface area contributed by atoms with Gasteiger partial charge in [-0.1, -0.05) is 30.3 Å². The van der Waals surface area contributed by atoms with Gasteiger partial charge in [-0.05, 0) is 29.2 Å². The first-order valence-corrected chi connectivity index (χ1v) is 6.10. The molecule has 86 valence electrons. The third kappa shape index (κ3) is 2.37. The molecular formula is C15H16N2. The van der Waals surface area contributed by atoms with E-state index in [1.165, 1.54) is 16.7 Å². The number of aromatic nitrogens is 1. The Morgan fingerprint density at radius 1 is 1.06 bits per heavy atom. The van der Waals surface area contributed by atoms with E-state index in [4.69, 9.17) is 0 Å². The van der Waals surface area contributed by atoms with Crippen molar-refractivity contribution in [3.63, 3.8) is 0 Å². The minimum atomic E-state index is 1.03. The van der Waals surface area contributed by atoms with Crippen LogP contribution in [-0.2, 0) is 19.5 Å². The molecule has 0 saturated carbocycles. The Morgan fingerprint density at radius 2 is 1.94 bits per heavy atom. The van der Waals surface area contributed by atoms with E-state index >= 15 is 0 Å². The molecule has 1 aliphatic rings. The minimum absolute atomic E-state index is 1.03. The molecule has 1 aromatic carbocycles. The van der Waals surface area contributed by atoms with Gasteiger partial charge in [0.1, 0.15) is 0 Å². The molecule has 1 aromatic heterocycles. The quantitative estimate of drug-likeness (QED) is 0.779. The molecule has 3 rings (SSSR count). The van der Waals surface area contributed by atoms with Crippen LogP contribution in [0.5, 0.6) is 0 Å². The highest BCUT2D eigenvalue weighted by molar-refractivity contribution is 5.26. The summed E-state index contributed by atoms with van der Waals surface area (Å²) < 4.78 is 0. The summed E-state index contributed by atoms with van der Waals surface area (Å²) in [5.41, 5.74) is 4.24. The van der Waals surface area contributed by atoms with Gasteiger partial charge < -0.3 is 0 Å². The van der Waals surface area contributed by atoms with Crippen molar-refractivity contribution >= 4 is 0 Å². The molecule has 0 atom stereocenters. The third-order valence-electron chi connectivity index (χ3n) is 3.34. The maximum Gasteiger partial charge on any atom is 0.0315 e. The van der Waals surface area contributed by atoms with Crippen LogP contribution >= 0.6 is 0 Å². The molecule has 0 radical (unpaired) electrons. The van der Waals surface area contributed by atoms with Crippen molar-refractivity contribution in [2.24, 2.45) is 0 Å². The Morgan fingerprint density at radius 3 is 2.82 bits per heavy atom. The molecule has 2 nitrogen and oxygen atoms in total. The summed E-state index contributed by atoms with van der Waals surface area (Å²) in [6.07, 6.45) is 5.04. The number of hydrogen-bond donors (Lipinski definition) is 0. The number of nitrogens with zero attached hydrogens (tertiary/aromatic N) is 2. The van der Waals surface area contributed by atoms with E-state index in [0.717, 1.165) is 26.1 Å². The van der Waals surface area contributed by atoms with Crippen molar-refractivity contribution in [3.8, 4) is 0 Å². The number of hydrogen-bond acceptors (Lipinski definition) is 2. The average molecular weight is 224 g/mol. The van der Waals surface area contributed by atoms with Gasteiger partial charge in [-0.2, -0.15) is 0 Å². The van der Waals surface area contributed by atoms with Gasteiger partial charge in [0.2, 0.25) is 0 Å². The first-order chi connectivity index (χ1) is 8.42. The Labute approximate surface area is 102 Å². The van der Waals surface area contributed by atoms with Crippen LogP contribution < -0.4 is 0 Å². The van der Waals surface area contributed by atoms with Crippen LogP contribution in [0, 0.1) is 0 Å². The van der Waals surface area contributed by atoms with Crippen LogP contribution in [0.1, 0.15) is 16.7 Å². The Balaban J connectivity index is 1.72. The van der Waals surface area contributed by atoms with E-state index in [-0.39, 0.29) is 0 Å². The van der Waals surface area contributed by atoms with Crippen LogP contribution in [0.3, 0.4) is 0 Å². The van der Waals surface area contributed by atoms with Crippen LogP contribution in [0.25, 0.3) is 0 Å². The van der Waals surface area contributed by atoms with Crippen molar-refractivity contribution in [1.82, 2.24) is 9.88 Å². The topological polar surface area (TPSA) is 16.1 Å². The monoisotopic (exact) mass is 224 g/mol. The van der Waals surface area contributed by atoms with Gasteiger partial charge in [0, 0.05) is 32.0 Å². The van der Waals surface area contributed by atoms with Crippen molar-refractivity contribution in [3.05, 3.63) is 65.5 Å². The molecule has 0 bridgehead atoms. The fraction of sp³-hybridized carbons (Fsp3) is 0.267. The smallest absolute Gasteiger partial charge is 0.0315 e. The van der Waals surface area contributed by atoms with Crippen molar-refractivity contribution < 1.29 is 0 Å². The number of rotatable bonds is 2. The maximum absolute atomic E-state index is 4.21. The zero-order valence-corrected chi connectivity index (χ0v) is 9.84. The van der Waals surface area contributed by atoms with Gasteiger partial charge in [0.25, 0.3) is 0 Å². The molecule has 1 aliphatic heterocycles. The fourth-order valence-electron chi connectivity index (χ4n) is 2.42. The second-order valence-corrected chi connectivity index (χ2v) is 4.59. The van der Waals surface area contributed by atoms with Crippen molar-refractivity contribution in [1.29, 1.82) is 0 Å². The molecule has 0 N–H and O–H groups in total. The van der Waals surface area contributed by atoms with E-state index in [9.17, 15) is 0 Å². The van der Waals surface area contributed by atoms with Gasteiger partial charge in [0.15, 0.2) is 0 Å². The molecule has 0 aliphatic carbocycles. The van der Waals surface area contributed by atoms with Crippen LogP contribution in [-0.4, -0.2) is 16.4 Å². The first-order valence-electron chi connectivity index (χ1n) is 6.10. The summed E-state index contributed by atoms with van der Waals surface area (Å²) in [6.45, 7) is 3.21. The minimum Gasteiger partial charge on any atom is -0.294 e. The molecule has 0 saturated heterocycles. The summed E-state index contributed by atoms with van der Waals surface area (Å²) in [4.78, 5) is 6.70. The highest BCUT2D eigenvalue weighted by atomic mass is 15.1. The molecule has 17 heavy (non-hydrogen) atoms. The van der Waals surface area contributed by atoms with E-state index in [2.05, 4.69) is 46.3 Å². The summed E-state index contributed by atoms with van der Waals surface area (Å²) in [6, 6.07) is 12.8. The van der Waals surface area contributed by atoms with E-state index < -0.39 is 0 Å². The molecule has 0 fully saturated rings. The van der Waals surface area contributed by atoms with E-state index in [1.54, 1.807) is 0 Å². The summed E-state index contributed by atoms with van der Waals surface area (Å²) in [7, 11) is 0. The molecule has 2 heterocycles. The predicted octanol–water partition coefficient (Wildman–Crippen LogP) is 2.64. The first kappa shape index (κ1) is 10.5. The van der Waals surface area contributed by atoms with Crippen LogP contribution in [0.15, 0.2) is 48.8 Å². The van der Waals surface area contributed by atoms with Crippen molar-refractivity contribution in [2.75, 3.05) is 6.54 Å². The standard InChI is InChI=1S/C15H16N2/c1-2-4-13(5-3-1)11-17-9-7-14-6-8-16-10-15(14)12-17/h1-6,8,10H,7,9,11-12H2. The normalized spacial score (nSPS) is 15.5. The van der Waals surface area contributed by atoms with Crippen molar-refractivity contribution in [2.45, 2.75) is 19.5 Å². The number of benzene rings is 1. The molecule has 0 amide bonds. The SMILES string of the molecule is c1ccc(CN2CCc3ccncc3C2)cc1. The summed E-state index contributed by atoms with van der Waals surface area (Å²) in [5.74, 6) is 0. The van der Waals surface area contributed by atoms with Gasteiger partial charge >= 0.3 is 0 Å². The Kier molecular flexibility index (Phi) is 2.88. The molecule has 0 unspecified atom stereocenters. The second kappa shape index (κ2) is 4.68. The largest absolute Gasteiger partial charge is 0.294 e. The molecule has 0 spiro atoms.